The van der Waals surface area contributed by atoms with E-state index in [0.717, 1.165) is 77.0 Å². The molecule has 3 atom stereocenters. The number of unbranched alkanes of at least 4 members (excludes halogenated alkanes) is 21. The van der Waals surface area contributed by atoms with E-state index in [2.05, 4.69) is 19.9 Å². The second-order valence-electron chi connectivity index (χ2n) is 16.3. The molecule has 0 aliphatic carbocycles. The first-order valence-corrected chi connectivity index (χ1v) is 23.7. The molecule has 0 aliphatic rings. The van der Waals surface area contributed by atoms with Crippen LogP contribution in [0.2, 0.25) is 0 Å². The molecule has 10 nitrogen and oxygen atoms in total. The van der Waals surface area contributed by atoms with Crippen LogP contribution >= 0.6 is 7.82 Å². The van der Waals surface area contributed by atoms with E-state index in [1.807, 2.05) is 39.4 Å². The Labute approximate surface area is 337 Å². The third-order valence-electron chi connectivity index (χ3n) is 9.59. The van der Waals surface area contributed by atoms with Gasteiger partial charge in [0.25, 0.3) is 0 Å². The second kappa shape index (κ2) is 36.8. The third-order valence-corrected chi connectivity index (χ3v) is 10.6. The molecule has 2 unspecified atom stereocenters. The predicted octanol–water partition coefficient (Wildman–Crippen LogP) is 11.3. The van der Waals surface area contributed by atoms with Crippen molar-refractivity contribution < 1.29 is 47.2 Å². The van der Waals surface area contributed by atoms with Gasteiger partial charge >= 0.3 is 19.8 Å². The van der Waals surface area contributed by atoms with Gasteiger partial charge in [-0.25, -0.2) is 4.57 Å². The number of hydrogen-bond acceptors (Lipinski definition) is 8. The number of phosphoric acid groups is 1. The number of aliphatic hydroxyl groups excluding tert-OH is 1. The summed E-state index contributed by atoms with van der Waals surface area (Å²) < 4.78 is 34.2. The molecule has 2 N–H and O–H groups in total. The fourth-order valence-electron chi connectivity index (χ4n) is 6.03. The van der Waals surface area contributed by atoms with Crippen molar-refractivity contribution in [3.05, 3.63) is 24.3 Å². The van der Waals surface area contributed by atoms with Gasteiger partial charge in [-0.2, -0.15) is 0 Å². The van der Waals surface area contributed by atoms with Crippen molar-refractivity contribution in [1.29, 1.82) is 0 Å². The van der Waals surface area contributed by atoms with Crippen LogP contribution < -0.4 is 0 Å². The average Bonchev–Trinajstić information content (AvgIpc) is 3.12. The lowest BCUT2D eigenvalue weighted by Gasteiger charge is -2.24. The highest BCUT2D eigenvalue weighted by Crippen LogP contribution is 2.43. The Bertz CT molecular complexity index is 1010. The van der Waals surface area contributed by atoms with Crippen LogP contribution in [0.25, 0.3) is 0 Å². The molecule has 0 saturated heterocycles. The van der Waals surface area contributed by atoms with E-state index in [1.165, 1.54) is 77.0 Å². The Kier molecular flexibility index (Phi) is 35.7. The molecule has 0 aromatic heterocycles. The van der Waals surface area contributed by atoms with E-state index in [0.29, 0.717) is 17.4 Å². The molecule has 0 radical (unpaired) electrons. The molecule has 0 aromatic rings. The Hall–Kier alpha value is -1.55. The maximum atomic E-state index is 12.7. The Morgan fingerprint density at radius 3 is 1.67 bits per heavy atom. The lowest BCUT2D eigenvalue weighted by atomic mass is 10.0. The van der Waals surface area contributed by atoms with Crippen LogP contribution in [0.4, 0.5) is 0 Å². The minimum absolute atomic E-state index is 0.0205. The van der Waals surface area contributed by atoms with Gasteiger partial charge in [-0.05, 0) is 32.1 Å². The first kappa shape index (κ1) is 53.5. The van der Waals surface area contributed by atoms with Gasteiger partial charge in [0.15, 0.2) is 6.10 Å². The number of esters is 2. The molecule has 0 spiro atoms. The van der Waals surface area contributed by atoms with Crippen LogP contribution in [0.15, 0.2) is 24.3 Å². The van der Waals surface area contributed by atoms with Crippen molar-refractivity contribution in [3.8, 4) is 0 Å². The average molecular weight is 803 g/mol. The topological polar surface area (TPSA) is 129 Å². The summed E-state index contributed by atoms with van der Waals surface area (Å²) in [5.41, 5.74) is 0. The van der Waals surface area contributed by atoms with Crippen LogP contribution in [-0.4, -0.2) is 86.1 Å². The van der Waals surface area contributed by atoms with E-state index in [9.17, 15) is 24.2 Å². The van der Waals surface area contributed by atoms with Crippen LogP contribution in [0.1, 0.15) is 187 Å². The molecular formula is C44H85NO9P+. The summed E-state index contributed by atoms with van der Waals surface area (Å²) in [5, 5.41) is 9.93. The fraction of sp³-hybridized carbons (Fsp3) is 0.864. The highest BCUT2D eigenvalue weighted by atomic mass is 31.2. The summed E-state index contributed by atoms with van der Waals surface area (Å²) in [6, 6.07) is 0. The van der Waals surface area contributed by atoms with Crippen molar-refractivity contribution in [2.24, 2.45) is 0 Å². The Morgan fingerprint density at radius 1 is 0.636 bits per heavy atom. The lowest BCUT2D eigenvalue weighted by molar-refractivity contribution is -0.870. The molecule has 0 fully saturated rings. The molecule has 324 valence electrons. The minimum Gasteiger partial charge on any atom is -0.462 e. The standard InChI is InChI=1S/C44H84NO9P/c1-6-8-10-11-12-13-14-15-16-17-18-21-24-27-31-35-43(47)51-39-42(40-53-55(49,50)52-38-37-45(3,4)5)54-44(48)36-32-28-25-22-19-20-23-26-30-34-41(46)33-29-9-7-2/h23,26,30,34,41-42,46H,6-22,24-25,27-29,31-33,35-40H2,1-5H3/p+1/b26-23-,34-30+/t41?,42-/m1/s1. The first-order chi connectivity index (χ1) is 26.4. The van der Waals surface area contributed by atoms with Crippen molar-refractivity contribution in [2.75, 3.05) is 47.5 Å². The van der Waals surface area contributed by atoms with Gasteiger partial charge < -0.3 is 24.0 Å². The smallest absolute Gasteiger partial charge is 0.462 e. The number of hydrogen-bond donors (Lipinski definition) is 2. The number of carbonyl (C=O) groups is 2. The summed E-state index contributed by atoms with van der Waals surface area (Å²) in [5.74, 6) is -0.842. The zero-order valence-electron chi connectivity index (χ0n) is 36.0. The number of aliphatic hydroxyl groups is 1. The van der Waals surface area contributed by atoms with Crippen LogP contribution in [0.3, 0.4) is 0 Å². The molecule has 0 amide bonds. The van der Waals surface area contributed by atoms with E-state index in [1.54, 1.807) is 0 Å². The van der Waals surface area contributed by atoms with Gasteiger partial charge in [-0.15, -0.1) is 0 Å². The SMILES string of the molecule is CCCCCCCCCCCCCCCCCC(=O)OC[C@H](COP(=O)(O)OCC[N+](C)(C)C)OC(=O)CCCCCCC/C=C\C=C\C(O)CCCCC. The number of carbonyl (C=O) groups excluding carboxylic acids is 2. The molecule has 11 heteroatoms. The largest absolute Gasteiger partial charge is 0.472 e. The van der Waals surface area contributed by atoms with Crippen molar-refractivity contribution in [1.82, 2.24) is 0 Å². The van der Waals surface area contributed by atoms with Crippen LogP contribution in [0.5, 0.6) is 0 Å². The number of nitrogens with zero attached hydrogens (tertiary/aromatic N) is 1. The van der Waals surface area contributed by atoms with Crippen molar-refractivity contribution >= 4 is 19.8 Å². The van der Waals surface area contributed by atoms with Crippen molar-refractivity contribution in [2.45, 2.75) is 199 Å². The third kappa shape index (κ3) is 40.4. The summed E-state index contributed by atoms with van der Waals surface area (Å²) in [4.78, 5) is 35.3. The maximum Gasteiger partial charge on any atom is 0.472 e. The summed E-state index contributed by atoms with van der Waals surface area (Å²) in [6.45, 7) is 4.27. The van der Waals surface area contributed by atoms with Gasteiger partial charge in [0.2, 0.25) is 0 Å². The van der Waals surface area contributed by atoms with Crippen LogP contribution in [-0.2, 0) is 32.7 Å². The van der Waals surface area contributed by atoms with Gasteiger partial charge in [0, 0.05) is 12.8 Å². The number of rotatable bonds is 40. The molecule has 0 rings (SSSR count). The number of ether oxygens (including phenoxy) is 2. The molecule has 55 heavy (non-hydrogen) atoms. The van der Waals surface area contributed by atoms with E-state index in [-0.39, 0.29) is 38.1 Å². The number of quaternary nitrogens is 1. The Morgan fingerprint density at radius 2 is 1.13 bits per heavy atom. The van der Waals surface area contributed by atoms with Gasteiger partial charge in [-0.3, -0.25) is 18.6 Å². The highest BCUT2D eigenvalue weighted by molar-refractivity contribution is 7.47. The van der Waals surface area contributed by atoms with Crippen LogP contribution in [0, 0.1) is 0 Å². The monoisotopic (exact) mass is 803 g/mol. The predicted molar refractivity (Wildman–Crippen MR) is 226 cm³/mol. The summed E-state index contributed by atoms with van der Waals surface area (Å²) in [7, 11) is 1.44. The number of phosphoric ester groups is 1. The molecule has 0 bridgehead atoms. The number of likely N-dealkylation sites (N-methyl/N-ethyl adjacent to an activating group) is 1. The first-order valence-electron chi connectivity index (χ1n) is 22.2. The molecule has 0 aliphatic heterocycles. The van der Waals surface area contributed by atoms with Crippen molar-refractivity contribution in [3.63, 3.8) is 0 Å². The number of allylic oxidation sites excluding steroid dienone is 3. The van der Waals surface area contributed by atoms with Gasteiger partial charge in [0.1, 0.15) is 19.8 Å². The van der Waals surface area contributed by atoms with E-state index in [4.69, 9.17) is 18.5 Å². The highest BCUT2D eigenvalue weighted by Gasteiger charge is 2.27. The molecule has 0 saturated carbocycles. The summed E-state index contributed by atoms with van der Waals surface area (Å²) in [6.07, 6.45) is 35.4. The van der Waals surface area contributed by atoms with E-state index < -0.39 is 26.5 Å². The lowest BCUT2D eigenvalue weighted by Crippen LogP contribution is -2.37. The van der Waals surface area contributed by atoms with Gasteiger partial charge in [0.05, 0.1) is 33.9 Å². The van der Waals surface area contributed by atoms with Gasteiger partial charge in [-0.1, -0.05) is 167 Å². The minimum atomic E-state index is -4.39. The zero-order valence-corrected chi connectivity index (χ0v) is 36.9. The molecule has 0 aromatic carbocycles. The maximum absolute atomic E-state index is 12.7. The normalized spacial score (nSPS) is 14.4. The second-order valence-corrected chi connectivity index (χ2v) is 17.7. The van der Waals surface area contributed by atoms with E-state index >= 15 is 0 Å². The molecule has 0 heterocycles. The zero-order chi connectivity index (χ0) is 40.9. The Balaban J connectivity index is 4.41. The summed E-state index contributed by atoms with van der Waals surface area (Å²) >= 11 is 0. The molecular weight excluding hydrogens is 717 g/mol. The fourth-order valence-corrected chi connectivity index (χ4v) is 6.77. The quantitative estimate of drug-likeness (QED) is 0.0204.